The lowest BCUT2D eigenvalue weighted by atomic mass is 9.87. The van der Waals surface area contributed by atoms with E-state index in [9.17, 15) is 4.79 Å². The molecule has 1 saturated carbocycles. The predicted octanol–water partition coefficient (Wildman–Crippen LogP) is 4.15. The van der Waals surface area contributed by atoms with Crippen LogP contribution in [0.2, 0.25) is 0 Å². The van der Waals surface area contributed by atoms with Gasteiger partial charge in [0.2, 0.25) is 6.08 Å². The van der Waals surface area contributed by atoms with Gasteiger partial charge in [0.15, 0.2) is 0 Å². The minimum Gasteiger partial charge on any atom is -0.371 e. The molecule has 20 heavy (non-hydrogen) atoms. The number of hydrogen-bond acceptors (Lipinski definition) is 3. The van der Waals surface area contributed by atoms with E-state index in [0.717, 1.165) is 43.2 Å². The molecule has 0 radical (unpaired) electrons. The number of nitrogens with zero attached hydrogens (tertiary/aromatic N) is 2. The summed E-state index contributed by atoms with van der Waals surface area (Å²) in [6, 6.07) is 6.32. The molecule has 2 aliphatic rings. The van der Waals surface area contributed by atoms with Gasteiger partial charge >= 0.3 is 0 Å². The van der Waals surface area contributed by atoms with Crippen LogP contribution in [-0.4, -0.2) is 19.2 Å². The number of isocyanates is 1. The number of anilines is 1. The lowest BCUT2D eigenvalue weighted by Crippen LogP contribution is -2.26. The summed E-state index contributed by atoms with van der Waals surface area (Å²) in [5, 5.41) is 0. The van der Waals surface area contributed by atoms with E-state index in [1.165, 1.54) is 24.1 Å². The van der Waals surface area contributed by atoms with Crippen LogP contribution in [0, 0.1) is 0 Å². The van der Waals surface area contributed by atoms with Crippen LogP contribution in [-0.2, 0) is 10.3 Å². The third-order valence-electron chi connectivity index (χ3n) is 4.59. The normalized spacial score (nSPS) is 20.9. The van der Waals surface area contributed by atoms with Crippen molar-refractivity contribution in [3.63, 3.8) is 0 Å². The molecule has 2 fully saturated rings. The van der Waals surface area contributed by atoms with Gasteiger partial charge in [0, 0.05) is 28.8 Å². The lowest BCUT2D eigenvalue weighted by molar-refractivity contribution is 0.454. The van der Waals surface area contributed by atoms with Gasteiger partial charge in [-0.05, 0) is 37.8 Å². The number of carbonyl (C=O) groups excluding carboxylic acids is 1. The molecular formula is C16H19BrN2O. The summed E-state index contributed by atoms with van der Waals surface area (Å²) in [4.78, 5) is 17.6. The molecule has 1 heterocycles. The number of benzene rings is 1. The van der Waals surface area contributed by atoms with E-state index in [1.54, 1.807) is 0 Å². The zero-order chi connectivity index (χ0) is 14.0. The molecule has 4 heteroatoms. The Morgan fingerprint density at radius 2 is 1.85 bits per heavy atom. The molecule has 1 aromatic carbocycles. The molecule has 0 bridgehead atoms. The number of halogens is 1. The first kappa shape index (κ1) is 13.8. The van der Waals surface area contributed by atoms with Crippen LogP contribution in [0.5, 0.6) is 0 Å². The van der Waals surface area contributed by atoms with Crippen LogP contribution in [0.25, 0.3) is 0 Å². The molecule has 106 valence electrons. The summed E-state index contributed by atoms with van der Waals surface area (Å²) in [5.41, 5.74) is 2.08. The van der Waals surface area contributed by atoms with Gasteiger partial charge in [-0.25, -0.2) is 4.79 Å². The second-order valence-electron chi connectivity index (χ2n) is 5.77. The van der Waals surface area contributed by atoms with E-state index < -0.39 is 0 Å². The number of aliphatic imine (C=N–C) groups is 1. The largest absolute Gasteiger partial charge is 0.371 e. The van der Waals surface area contributed by atoms with Crippen molar-refractivity contribution in [1.29, 1.82) is 0 Å². The molecule has 0 aromatic heterocycles. The summed E-state index contributed by atoms with van der Waals surface area (Å²) >= 11 is 3.69. The van der Waals surface area contributed by atoms with Gasteiger partial charge in [0.25, 0.3) is 0 Å². The first-order valence-electron chi connectivity index (χ1n) is 7.40. The van der Waals surface area contributed by atoms with Crippen LogP contribution >= 0.6 is 15.9 Å². The topological polar surface area (TPSA) is 32.7 Å². The van der Waals surface area contributed by atoms with Gasteiger partial charge in [0.05, 0.1) is 0 Å². The van der Waals surface area contributed by atoms with E-state index in [1.807, 2.05) is 6.08 Å². The molecule has 0 amide bonds. The zero-order valence-electron chi connectivity index (χ0n) is 11.6. The van der Waals surface area contributed by atoms with Crippen molar-refractivity contribution in [3.05, 3.63) is 28.2 Å². The Morgan fingerprint density at radius 1 is 1.15 bits per heavy atom. The Bertz CT molecular complexity index is 539. The van der Waals surface area contributed by atoms with Crippen molar-refractivity contribution in [2.24, 2.45) is 4.99 Å². The van der Waals surface area contributed by atoms with Crippen molar-refractivity contribution in [2.45, 2.75) is 44.1 Å². The average molecular weight is 335 g/mol. The molecule has 0 N–H and O–H groups in total. The highest BCUT2D eigenvalue weighted by Gasteiger charge is 2.40. The fraction of sp³-hybridized carbons (Fsp3) is 0.562. The molecule has 1 saturated heterocycles. The standard InChI is InChI=1S/C16H19BrN2O/c17-13-6-5-7-14(19-10-3-4-11-19)15(13)16(18-12-20)8-1-2-9-16/h5-7H,1-4,8-11H2. The maximum Gasteiger partial charge on any atom is 0.235 e. The fourth-order valence-corrected chi connectivity index (χ4v) is 4.38. The summed E-state index contributed by atoms with van der Waals surface area (Å²) in [6.07, 6.45) is 8.48. The maximum absolute atomic E-state index is 11.0. The molecule has 1 aliphatic carbocycles. The number of hydrogen-bond donors (Lipinski definition) is 0. The Kier molecular flexibility index (Phi) is 3.95. The molecule has 0 unspecified atom stereocenters. The van der Waals surface area contributed by atoms with Crippen molar-refractivity contribution in [3.8, 4) is 0 Å². The van der Waals surface area contributed by atoms with Crippen molar-refractivity contribution >= 4 is 27.7 Å². The molecule has 1 aromatic rings. The van der Waals surface area contributed by atoms with Gasteiger partial charge in [-0.15, -0.1) is 0 Å². The van der Waals surface area contributed by atoms with Gasteiger partial charge in [-0.3, -0.25) is 0 Å². The zero-order valence-corrected chi connectivity index (χ0v) is 13.2. The van der Waals surface area contributed by atoms with E-state index in [2.05, 4.69) is 44.0 Å². The SMILES string of the molecule is O=C=NC1(c2c(Br)cccc2N2CCCC2)CCCC1. The Balaban J connectivity index is 2.13. The fourth-order valence-electron chi connectivity index (χ4n) is 3.66. The third-order valence-corrected chi connectivity index (χ3v) is 5.25. The van der Waals surface area contributed by atoms with Crippen LogP contribution in [0.1, 0.15) is 44.1 Å². The molecule has 3 nitrogen and oxygen atoms in total. The highest BCUT2D eigenvalue weighted by Crippen LogP contribution is 2.48. The predicted molar refractivity (Wildman–Crippen MR) is 83.9 cm³/mol. The van der Waals surface area contributed by atoms with Crippen LogP contribution in [0.3, 0.4) is 0 Å². The highest BCUT2D eigenvalue weighted by atomic mass is 79.9. The summed E-state index contributed by atoms with van der Waals surface area (Å²) in [5.74, 6) is 0. The second-order valence-corrected chi connectivity index (χ2v) is 6.62. The van der Waals surface area contributed by atoms with Crippen LogP contribution in [0.4, 0.5) is 5.69 Å². The first-order valence-corrected chi connectivity index (χ1v) is 8.19. The van der Waals surface area contributed by atoms with E-state index in [0.29, 0.717) is 0 Å². The first-order chi connectivity index (χ1) is 9.77. The van der Waals surface area contributed by atoms with Crippen LogP contribution < -0.4 is 4.90 Å². The smallest absolute Gasteiger partial charge is 0.235 e. The van der Waals surface area contributed by atoms with E-state index in [-0.39, 0.29) is 5.54 Å². The minimum atomic E-state index is -0.361. The second kappa shape index (κ2) is 5.71. The maximum atomic E-state index is 11.0. The monoisotopic (exact) mass is 334 g/mol. The molecule has 3 rings (SSSR count). The molecular weight excluding hydrogens is 316 g/mol. The number of rotatable bonds is 3. The molecule has 0 spiro atoms. The third kappa shape index (κ3) is 2.32. The Labute approximate surface area is 128 Å². The van der Waals surface area contributed by atoms with Crippen LogP contribution in [0.15, 0.2) is 27.7 Å². The van der Waals surface area contributed by atoms with Gasteiger partial charge in [-0.2, -0.15) is 4.99 Å². The van der Waals surface area contributed by atoms with Gasteiger partial charge < -0.3 is 4.90 Å². The summed E-state index contributed by atoms with van der Waals surface area (Å²) in [7, 11) is 0. The quantitative estimate of drug-likeness (QED) is 0.614. The lowest BCUT2D eigenvalue weighted by Gasteiger charge is -2.31. The summed E-state index contributed by atoms with van der Waals surface area (Å²) in [6.45, 7) is 2.20. The summed E-state index contributed by atoms with van der Waals surface area (Å²) < 4.78 is 1.07. The van der Waals surface area contributed by atoms with E-state index in [4.69, 9.17) is 0 Å². The highest BCUT2D eigenvalue weighted by molar-refractivity contribution is 9.10. The Hall–Kier alpha value is -1.12. The Morgan fingerprint density at radius 3 is 2.50 bits per heavy atom. The van der Waals surface area contributed by atoms with E-state index >= 15 is 0 Å². The van der Waals surface area contributed by atoms with Gasteiger partial charge in [-0.1, -0.05) is 34.8 Å². The average Bonchev–Trinajstić information content (AvgIpc) is 3.10. The molecule has 1 aliphatic heterocycles. The molecule has 0 atom stereocenters. The van der Waals surface area contributed by atoms with Crippen molar-refractivity contribution < 1.29 is 4.79 Å². The van der Waals surface area contributed by atoms with Gasteiger partial charge in [0.1, 0.15) is 5.54 Å². The van der Waals surface area contributed by atoms with Crippen molar-refractivity contribution in [2.75, 3.05) is 18.0 Å². The minimum absolute atomic E-state index is 0.361. The van der Waals surface area contributed by atoms with Crippen molar-refractivity contribution in [1.82, 2.24) is 0 Å².